The van der Waals surface area contributed by atoms with Crippen molar-refractivity contribution in [3.8, 4) is 6.07 Å². The van der Waals surface area contributed by atoms with E-state index >= 15 is 0 Å². The fourth-order valence-electron chi connectivity index (χ4n) is 2.46. The van der Waals surface area contributed by atoms with Crippen LogP contribution in [0, 0.1) is 18.3 Å². The first-order valence-corrected chi connectivity index (χ1v) is 7.33. The van der Waals surface area contributed by atoms with Gasteiger partial charge < -0.3 is 14.8 Å². The maximum absolute atomic E-state index is 10.6. The van der Waals surface area contributed by atoms with Gasteiger partial charge in [-0.25, -0.2) is 4.98 Å². The maximum atomic E-state index is 10.6. The van der Waals surface area contributed by atoms with Crippen molar-refractivity contribution in [3.63, 3.8) is 0 Å². The van der Waals surface area contributed by atoms with Crippen LogP contribution < -0.4 is 5.32 Å². The molecule has 5 nitrogen and oxygen atoms in total. The second-order valence-electron chi connectivity index (χ2n) is 5.72. The van der Waals surface area contributed by atoms with Gasteiger partial charge in [0.25, 0.3) is 0 Å². The number of nitriles is 1. The first kappa shape index (κ1) is 15.1. The molecule has 23 heavy (non-hydrogen) atoms. The Bertz CT molecular complexity index is 891. The van der Waals surface area contributed by atoms with E-state index in [0.717, 1.165) is 22.4 Å². The number of nitrogens with one attached hydrogen (secondary N) is 1. The number of benzene rings is 1. The van der Waals surface area contributed by atoms with Gasteiger partial charge in [-0.05, 0) is 38.1 Å². The number of aryl methyl sites for hydroxylation is 1. The Morgan fingerprint density at radius 3 is 2.78 bits per heavy atom. The lowest BCUT2D eigenvalue weighted by Gasteiger charge is -2.22. The van der Waals surface area contributed by atoms with Crippen molar-refractivity contribution in [1.82, 2.24) is 4.98 Å². The highest BCUT2D eigenvalue weighted by Gasteiger charge is 2.26. The molecule has 2 aromatic heterocycles. The monoisotopic (exact) mass is 307 g/mol. The van der Waals surface area contributed by atoms with E-state index in [9.17, 15) is 5.11 Å². The molecule has 0 amide bonds. The van der Waals surface area contributed by atoms with E-state index < -0.39 is 5.60 Å². The molecule has 2 heterocycles. The number of pyridine rings is 1. The summed E-state index contributed by atoms with van der Waals surface area (Å²) in [7, 11) is 0. The lowest BCUT2D eigenvalue weighted by atomic mass is 10.0. The lowest BCUT2D eigenvalue weighted by molar-refractivity contribution is 0.0468. The van der Waals surface area contributed by atoms with E-state index in [-0.39, 0.29) is 6.54 Å². The van der Waals surface area contributed by atoms with E-state index in [1.165, 1.54) is 0 Å². The van der Waals surface area contributed by atoms with Gasteiger partial charge >= 0.3 is 0 Å². The van der Waals surface area contributed by atoms with Crippen LogP contribution in [0.1, 0.15) is 24.1 Å². The van der Waals surface area contributed by atoms with E-state index in [1.54, 1.807) is 19.1 Å². The molecule has 2 N–H and O–H groups in total. The molecule has 0 radical (unpaired) electrons. The summed E-state index contributed by atoms with van der Waals surface area (Å²) in [4.78, 5) is 4.28. The zero-order chi connectivity index (χ0) is 16.4. The second kappa shape index (κ2) is 5.75. The zero-order valence-electron chi connectivity index (χ0n) is 13.0. The summed E-state index contributed by atoms with van der Waals surface area (Å²) in [5.74, 6) is 1.25. The molecule has 5 heteroatoms. The maximum Gasteiger partial charge on any atom is 0.143 e. The van der Waals surface area contributed by atoms with Gasteiger partial charge in [0.2, 0.25) is 0 Å². The molecule has 3 aromatic rings. The number of anilines is 1. The van der Waals surface area contributed by atoms with Crippen molar-refractivity contribution in [3.05, 3.63) is 59.7 Å². The smallest absolute Gasteiger partial charge is 0.143 e. The molecular formula is C18H17N3O2. The van der Waals surface area contributed by atoms with E-state index in [1.807, 2.05) is 37.3 Å². The number of hydrogen-bond donors (Lipinski definition) is 2. The Labute approximate surface area is 134 Å². The molecule has 3 rings (SSSR count). The number of rotatable bonds is 4. The van der Waals surface area contributed by atoms with Crippen LogP contribution in [0.25, 0.3) is 10.9 Å². The van der Waals surface area contributed by atoms with Crippen LogP contribution in [0.5, 0.6) is 0 Å². The Balaban J connectivity index is 1.91. The highest BCUT2D eigenvalue weighted by molar-refractivity contribution is 5.91. The van der Waals surface area contributed by atoms with Crippen LogP contribution in [0.2, 0.25) is 0 Å². The van der Waals surface area contributed by atoms with E-state index in [2.05, 4.69) is 16.4 Å². The van der Waals surface area contributed by atoms with Crippen LogP contribution in [-0.2, 0) is 5.60 Å². The van der Waals surface area contributed by atoms with Gasteiger partial charge in [-0.15, -0.1) is 0 Å². The number of hydrogen-bond acceptors (Lipinski definition) is 5. The van der Waals surface area contributed by atoms with Gasteiger partial charge in [-0.1, -0.05) is 18.2 Å². The number of aromatic nitrogens is 1. The fraction of sp³-hybridized carbons (Fsp3) is 0.222. The number of furan rings is 1. The largest absolute Gasteiger partial charge is 0.463 e. The van der Waals surface area contributed by atoms with Crippen LogP contribution in [0.15, 0.2) is 46.9 Å². The van der Waals surface area contributed by atoms with Gasteiger partial charge in [0, 0.05) is 11.1 Å². The van der Waals surface area contributed by atoms with Gasteiger partial charge in [-0.2, -0.15) is 5.26 Å². The highest BCUT2D eigenvalue weighted by Crippen LogP contribution is 2.27. The SMILES string of the molecule is Cc1ccc(C(C)(O)CNc2cc(C#N)nc3ccccc23)o1. The van der Waals surface area contributed by atoms with Gasteiger partial charge in [0.1, 0.15) is 28.9 Å². The summed E-state index contributed by atoms with van der Waals surface area (Å²) in [5.41, 5.74) is 0.670. The predicted octanol–water partition coefficient (Wildman–Crippen LogP) is 3.33. The molecule has 116 valence electrons. The number of para-hydroxylation sites is 1. The van der Waals surface area contributed by atoms with Crippen molar-refractivity contribution in [2.75, 3.05) is 11.9 Å². The molecule has 0 saturated heterocycles. The second-order valence-corrected chi connectivity index (χ2v) is 5.72. The van der Waals surface area contributed by atoms with Gasteiger partial charge in [0.15, 0.2) is 0 Å². The quantitative estimate of drug-likeness (QED) is 0.772. The standard InChI is InChI=1S/C18H17N3O2/c1-12-7-8-17(23-12)18(2,22)11-20-16-9-13(10-19)21-15-6-4-3-5-14(15)16/h3-9,22H,11H2,1-2H3,(H,20,21). The average molecular weight is 307 g/mol. The third-order valence-corrected chi connectivity index (χ3v) is 3.72. The van der Waals surface area contributed by atoms with Crippen LogP contribution in [-0.4, -0.2) is 16.6 Å². The van der Waals surface area contributed by atoms with Crippen LogP contribution >= 0.6 is 0 Å². The predicted molar refractivity (Wildman–Crippen MR) is 88.0 cm³/mol. The Hall–Kier alpha value is -2.84. The summed E-state index contributed by atoms with van der Waals surface area (Å²) in [5, 5.41) is 23.9. The van der Waals surface area contributed by atoms with Gasteiger partial charge in [-0.3, -0.25) is 0 Å². The van der Waals surface area contributed by atoms with Crippen LogP contribution in [0.3, 0.4) is 0 Å². The first-order valence-electron chi connectivity index (χ1n) is 7.33. The summed E-state index contributed by atoms with van der Waals surface area (Å²) in [6.07, 6.45) is 0. The molecule has 1 aromatic carbocycles. The number of nitrogens with zero attached hydrogens (tertiary/aromatic N) is 2. The minimum Gasteiger partial charge on any atom is -0.463 e. The van der Waals surface area contributed by atoms with Crippen molar-refractivity contribution in [2.45, 2.75) is 19.4 Å². The molecule has 0 spiro atoms. The first-order chi connectivity index (χ1) is 11.0. The fourth-order valence-corrected chi connectivity index (χ4v) is 2.46. The van der Waals surface area contributed by atoms with Crippen molar-refractivity contribution >= 4 is 16.6 Å². The molecule has 0 fully saturated rings. The number of aliphatic hydroxyl groups is 1. The average Bonchev–Trinajstić information content (AvgIpc) is 3.00. The van der Waals surface area contributed by atoms with Crippen molar-refractivity contribution in [1.29, 1.82) is 5.26 Å². The topological polar surface area (TPSA) is 82.1 Å². The Morgan fingerprint density at radius 1 is 1.30 bits per heavy atom. The molecule has 0 aliphatic rings. The third kappa shape index (κ3) is 3.03. The lowest BCUT2D eigenvalue weighted by Crippen LogP contribution is -2.30. The zero-order valence-corrected chi connectivity index (χ0v) is 13.0. The molecular weight excluding hydrogens is 290 g/mol. The summed E-state index contributed by atoms with van der Waals surface area (Å²) in [6.45, 7) is 3.77. The summed E-state index contributed by atoms with van der Waals surface area (Å²) in [6, 6.07) is 14.9. The van der Waals surface area contributed by atoms with Crippen molar-refractivity contribution in [2.24, 2.45) is 0 Å². The molecule has 1 atom stereocenters. The van der Waals surface area contributed by atoms with Crippen LogP contribution in [0.4, 0.5) is 5.69 Å². The van der Waals surface area contributed by atoms with E-state index in [0.29, 0.717) is 11.5 Å². The Kier molecular flexibility index (Phi) is 3.77. The van der Waals surface area contributed by atoms with Crippen molar-refractivity contribution < 1.29 is 9.52 Å². The molecule has 0 aliphatic carbocycles. The molecule has 0 saturated carbocycles. The Morgan fingerprint density at radius 2 is 2.09 bits per heavy atom. The third-order valence-electron chi connectivity index (χ3n) is 3.72. The number of fused-ring (bicyclic) bond motifs is 1. The normalized spacial score (nSPS) is 13.5. The van der Waals surface area contributed by atoms with E-state index in [4.69, 9.17) is 9.68 Å². The van der Waals surface area contributed by atoms with Gasteiger partial charge in [0.05, 0.1) is 12.1 Å². The molecule has 0 aliphatic heterocycles. The summed E-state index contributed by atoms with van der Waals surface area (Å²) >= 11 is 0. The molecule has 1 unspecified atom stereocenters. The minimum absolute atomic E-state index is 0.249. The molecule has 0 bridgehead atoms. The summed E-state index contributed by atoms with van der Waals surface area (Å²) < 4.78 is 5.51. The minimum atomic E-state index is -1.16. The highest BCUT2D eigenvalue weighted by atomic mass is 16.4.